The summed E-state index contributed by atoms with van der Waals surface area (Å²) in [6, 6.07) is 10.0. The summed E-state index contributed by atoms with van der Waals surface area (Å²) < 4.78 is 0. The zero-order valence-electron chi connectivity index (χ0n) is 13.4. The highest BCUT2D eigenvalue weighted by molar-refractivity contribution is 8.04. The van der Waals surface area contributed by atoms with Crippen molar-refractivity contribution < 1.29 is 9.59 Å². The Kier molecular flexibility index (Phi) is 5.72. The first-order chi connectivity index (χ1) is 11.7. The van der Waals surface area contributed by atoms with Gasteiger partial charge >= 0.3 is 0 Å². The summed E-state index contributed by atoms with van der Waals surface area (Å²) >= 11 is 1.66. The van der Waals surface area contributed by atoms with Crippen LogP contribution in [0.15, 0.2) is 53.1 Å². The summed E-state index contributed by atoms with van der Waals surface area (Å²) in [7, 11) is 0. The molecule has 1 aliphatic heterocycles. The van der Waals surface area contributed by atoms with E-state index in [4.69, 9.17) is 0 Å². The summed E-state index contributed by atoms with van der Waals surface area (Å²) in [6.45, 7) is 1.61. The molecule has 0 bridgehead atoms. The Morgan fingerprint density at radius 3 is 2.96 bits per heavy atom. The average molecular weight is 343 g/mol. The Morgan fingerprint density at radius 1 is 1.29 bits per heavy atom. The van der Waals surface area contributed by atoms with Crippen LogP contribution in [0, 0.1) is 0 Å². The summed E-state index contributed by atoms with van der Waals surface area (Å²) in [6.07, 6.45) is 4.94. The quantitative estimate of drug-likeness (QED) is 0.703. The maximum Gasteiger partial charge on any atom is 0.233 e. The summed E-state index contributed by atoms with van der Waals surface area (Å²) in [5, 5.41) is 9.66. The second-order valence-electron chi connectivity index (χ2n) is 5.78. The van der Waals surface area contributed by atoms with Crippen molar-refractivity contribution in [1.29, 1.82) is 0 Å². The minimum absolute atomic E-state index is 0.0000432. The fourth-order valence-corrected chi connectivity index (χ4v) is 3.82. The van der Waals surface area contributed by atoms with Crippen molar-refractivity contribution in [3.8, 4) is 0 Å². The van der Waals surface area contributed by atoms with E-state index < -0.39 is 0 Å². The number of rotatable bonds is 7. The van der Waals surface area contributed by atoms with Gasteiger partial charge in [-0.25, -0.2) is 0 Å². The van der Waals surface area contributed by atoms with Crippen molar-refractivity contribution in [2.75, 3.05) is 13.1 Å². The van der Waals surface area contributed by atoms with Crippen molar-refractivity contribution in [3.05, 3.63) is 58.6 Å². The zero-order chi connectivity index (χ0) is 16.8. The van der Waals surface area contributed by atoms with Crippen LogP contribution < -0.4 is 16.0 Å². The van der Waals surface area contributed by atoms with Crippen LogP contribution in [0.5, 0.6) is 0 Å². The first kappa shape index (κ1) is 16.8. The topological polar surface area (TPSA) is 70.2 Å². The predicted molar refractivity (Wildman–Crippen MR) is 96.1 cm³/mol. The van der Waals surface area contributed by atoms with E-state index >= 15 is 0 Å². The normalized spacial score (nSPS) is 19.2. The number of fused-ring (bicyclic) bond motifs is 1. The monoisotopic (exact) mass is 343 g/mol. The van der Waals surface area contributed by atoms with Gasteiger partial charge in [-0.3, -0.25) is 9.59 Å². The van der Waals surface area contributed by atoms with Crippen LogP contribution in [-0.2, 0) is 16.1 Å². The second-order valence-corrected chi connectivity index (χ2v) is 7.02. The molecule has 6 heteroatoms. The van der Waals surface area contributed by atoms with Gasteiger partial charge in [0.15, 0.2) is 5.78 Å². The fourth-order valence-electron chi connectivity index (χ4n) is 2.62. The molecular formula is C18H21N3O2S. The van der Waals surface area contributed by atoms with Crippen LogP contribution in [0.25, 0.3) is 0 Å². The molecule has 1 fully saturated rings. The highest BCUT2D eigenvalue weighted by Gasteiger charge is 2.26. The van der Waals surface area contributed by atoms with Gasteiger partial charge in [-0.15, -0.1) is 0 Å². The minimum Gasteiger partial charge on any atom is -0.372 e. The summed E-state index contributed by atoms with van der Waals surface area (Å²) in [5.74, 6) is 0.154. The van der Waals surface area contributed by atoms with Crippen molar-refractivity contribution in [2.24, 2.45) is 0 Å². The van der Waals surface area contributed by atoms with Crippen molar-refractivity contribution in [2.45, 2.75) is 24.8 Å². The average Bonchev–Trinajstić information content (AvgIpc) is 2.97. The highest BCUT2D eigenvalue weighted by Crippen LogP contribution is 2.37. The van der Waals surface area contributed by atoms with E-state index in [0.717, 1.165) is 22.6 Å². The molecule has 5 nitrogen and oxygen atoms in total. The molecule has 1 unspecified atom stereocenters. The summed E-state index contributed by atoms with van der Waals surface area (Å²) in [4.78, 5) is 24.2. The van der Waals surface area contributed by atoms with Crippen LogP contribution in [0.2, 0.25) is 0 Å². The van der Waals surface area contributed by atoms with Gasteiger partial charge < -0.3 is 16.0 Å². The third-order valence-corrected chi connectivity index (χ3v) is 5.07. The van der Waals surface area contributed by atoms with E-state index in [9.17, 15) is 9.59 Å². The number of benzene rings is 1. The molecule has 0 saturated carbocycles. The molecule has 0 radical (unpaired) electrons. The van der Waals surface area contributed by atoms with E-state index in [1.165, 1.54) is 0 Å². The number of carbonyl (C=O) groups is 2. The Bertz CT molecular complexity index is 670. The first-order valence-corrected chi connectivity index (χ1v) is 8.98. The standard InChI is InChI=1S/C18H21N3O2S/c22-14-6-7-15-16(10-14)24-18(21-15)8-9-20-17(23)12-19-11-13-4-2-1-3-5-13/h1-5,7,10,18-19,21H,6,8-9,11-12H2,(H,20,23). The Balaban J connectivity index is 1.31. The molecule has 126 valence electrons. The lowest BCUT2D eigenvalue weighted by Crippen LogP contribution is -2.35. The number of amides is 1. The SMILES string of the molecule is O=C1C=C2SC(CCNC(=O)CNCc3ccccc3)NC2=CC1. The van der Waals surface area contributed by atoms with Gasteiger partial charge in [0.1, 0.15) is 0 Å². The minimum atomic E-state index is -0.0000432. The van der Waals surface area contributed by atoms with E-state index in [1.54, 1.807) is 17.8 Å². The van der Waals surface area contributed by atoms with Gasteiger partial charge in [0.2, 0.25) is 5.91 Å². The first-order valence-electron chi connectivity index (χ1n) is 8.10. The van der Waals surface area contributed by atoms with Crippen LogP contribution in [0.3, 0.4) is 0 Å². The molecule has 1 aliphatic carbocycles. The van der Waals surface area contributed by atoms with E-state index in [0.29, 0.717) is 26.1 Å². The number of hydrogen-bond acceptors (Lipinski definition) is 5. The Labute approximate surface area is 146 Å². The van der Waals surface area contributed by atoms with Gasteiger partial charge in [0, 0.05) is 30.1 Å². The lowest BCUT2D eigenvalue weighted by molar-refractivity contribution is -0.120. The molecule has 1 aromatic carbocycles. The molecular weight excluding hydrogens is 322 g/mol. The molecule has 24 heavy (non-hydrogen) atoms. The lowest BCUT2D eigenvalue weighted by atomic mass is 10.1. The van der Waals surface area contributed by atoms with Crippen molar-refractivity contribution >= 4 is 23.5 Å². The maximum absolute atomic E-state index is 11.8. The van der Waals surface area contributed by atoms with Crippen LogP contribution >= 0.6 is 11.8 Å². The molecule has 0 aromatic heterocycles. The molecule has 1 atom stereocenters. The van der Waals surface area contributed by atoms with Gasteiger partial charge in [0.25, 0.3) is 0 Å². The smallest absolute Gasteiger partial charge is 0.233 e. The van der Waals surface area contributed by atoms with Crippen LogP contribution in [-0.4, -0.2) is 30.2 Å². The maximum atomic E-state index is 11.8. The molecule has 1 amide bonds. The van der Waals surface area contributed by atoms with Gasteiger partial charge in [-0.2, -0.15) is 0 Å². The van der Waals surface area contributed by atoms with E-state index in [-0.39, 0.29) is 17.1 Å². The predicted octanol–water partition coefficient (Wildman–Crippen LogP) is 1.69. The van der Waals surface area contributed by atoms with Crippen LogP contribution in [0.1, 0.15) is 18.4 Å². The Morgan fingerprint density at radius 2 is 2.12 bits per heavy atom. The largest absolute Gasteiger partial charge is 0.372 e. The molecule has 3 rings (SSSR count). The summed E-state index contributed by atoms with van der Waals surface area (Å²) in [5.41, 5.74) is 2.22. The number of thioether (sulfide) groups is 1. The lowest BCUT2D eigenvalue weighted by Gasteiger charge is -2.11. The van der Waals surface area contributed by atoms with Gasteiger partial charge in [-0.1, -0.05) is 48.2 Å². The molecule has 1 aromatic rings. The van der Waals surface area contributed by atoms with E-state index in [1.807, 2.05) is 36.4 Å². The molecule has 3 N–H and O–H groups in total. The number of nitrogens with one attached hydrogen (secondary N) is 3. The second kappa shape index (κ2) is 8.17. The number of allylic oxidation sites excluding steroid dienone is 2. The number of carbonyl (C=O) groups excluding carboxylic acids is 2. The molecule has 2 aliphatic rings. The Hall–Kier alpha value is -2.05. The third-order valence-electron chi connectivity index (χ3n) is 3.84. The van der Waals surface area contributed by atoms with E-state index in [2.05, 4.69) is 16.0 Å². The fraction of sp³-hybridized carbons (Fsp3) is 0.333. The molecule has 1 heterocycles. The zero-order valence-corrected chi connectivity index (χ0v) is 14.2. The van der Waals surface area contributed by atoms with Crippen molar-refractivity contribution in [3.63, 3.8) is 0 Å². The number of hydrogen-bond donors (Lipinski definition) is 3. The van der Waals surface area contributed by atoms with Gasteiger partial charge in [-0.05, 0) is 18.1 Å². The highest BCUT2D eigenvalue weighted by atomic mass is 32.2. The number of ketones is 1. The molecule has 0 spiro atoms. The molecule has 1 saturated heterocycles. The van der Waals surface area contributed by atoms with Crippen molar-refractivity contribution in [1.82, 2.24) is 16.0 Å². The third kappa shape index (κ3) is 4.72. The van der Waals surface area contributed by atoms with Crippen LogP contribution in [0.4, 0.5) is 0 Å². The van der Waals surface area contributed by atoms with Gasteiger partial charge in [0.05, 0.1) is 11.9 Å².